The van der Waals surface area contributed by atoms with E-state index in [-0.39, 0.29) is 41.4 Å². The van der Waals surface area contributed by atoms with E-state index in [0.717, 1.165) is 0 Å². The number of carbonyl (C=O) groups is 2. The molecule has 34 heavy (non-hydrogen) atoms. The van der Waals surface area contributed by atoms with Crippen LogP contribution in [0.5, 0.6) is 11.5 Å². The summed E-state index contributed by atoms with van der Waals surface area (Å²) in [6.45, 7) is 1.88. The van der Waals surface area contributed by atoms with Crippen LogP contribution in [0.25, 0.3) is 0 Å². The maximum absolute atomic E-state index is 13.0. The summed E-state index contributed by atoms with van der Waals surface area (Å²) >= 11 is 6.36. The molecule has 0 saturated heterocycles. The molecule has 0 unspecified atom stereocenters. The monoisotopic (exact) mass is 483 g/mol. The smallest absolute Gasteiger partial charge is 0.262 e. The Labute approximate surface area is 201 Å². The summed E-state index contributed by atoms with van der Waals surface area (Å²) in [5, 5.41) is 6.88. The molecule has 7 nitrogen and oxygen atoms in total. The summed E-state index contributed by atoms with van der Waals surface area (Å²) in [7, 11) is 0. The van der Waals surface area contributed by atoms with Gasteiger partial charge >= 0.3 is 0 Å². The highest BCUT2D eigenvalue weighted by Gasteiger charge is 2.14. The van der Waals surface area contributed by atoms with Gasteiger partial charge in [0.25, 0.3) is 5.91 Å². The van der Waals surface area contributed by atoms with Gasteiger partial charge in [0.2, 0.25) is 5.91 Å². The zero-order valence-corrected chi connectivity index (χ0v) is 19.1. The second kappa shape index (κ2) is 12.4. The zero-order valence-electron chi connectivity index (χ0n) is 18.4. The number of hydrazone groups is 1. The molecule has 0 aliphatic heterocycles. The van der Waals surface area contributed by atoms with Gasteiger partial charge in [-0.2, -0.15) is 5.10 Å². The number of hydrogen-bond acceptors (Lipinski definition) is 5. The normalized spacial score (nSPS) is 10.7. The van der Waals surface area contributed by atoms with E-state index >= 15 is 0 Å². The van der Waals surface area contributed by atoms with E-state index in [1.807, 2.05) is 18.2 Å². The van der Waals surface area contributed by atoms with Gasteiger partial charge in [0.15, 0.2) is 18.1 Å². The van der Waals surface area contributed by atoms with E-state index in [1.165, 1.54) is 30.5 Å². The van der Waals surface area contributed by atoms with Crippen molar-refractivity contribution in [2.75, 3.05) is 18.5 Å². The van der Waals surface area contributed by atoms with Gasteiger partial charge in [-0.05, 0) is 54.4 Å². The second-order valence-electron chi connectivity index (χ2n) is 7.06. The first kappa shape index (κ1) is 24.7. The van der Waals surface area contributed by atoms with E-state index in [4.69, 9.17) is 21.1 Å². The second-order valence-corrected chi connectivity index (χ2v) is 7.47. The molecule has 2 amide bonds. The molecule has 0 aliphatic rings. The molecular formula is C25H23ClFN3O4. The quantitative estimate of drug-likeness (QED) is 0.326. The van der Waals surface area contributed by atoms with Gasteiger partial charge < -0.3 is 14.8 Å². The minimum absolute atomic E-state index is 0.0559. The van der Waals surface area contributed by atoms with Gasteiger partial charge in [0, 0.05) is 5.69 Å². The summed E-state index contributed by atoms with van der Waals surface area (Å²) < 4.78 is 24.2. The van der Waals surface area contributed by atoms with Crippen LogP contribution in [0, 0.1) is 5.82 Å². The largest absolute Gasteiger partial charge is 0.490 e. The lowest BCUT2D eigenvalue weighted by Gasteiger charge is -2.14. The lowest BCUT2D eigenvalue weighted by Crippen LogP contribution is -2.20. The van der Waals surface area contributed by atoms with Crippen molar-refractivity contribution in [1.82, 2.24) is 5.43 Å². The molecule has 0 spiro atoms. The SMILES string of the molecule is CCOc1cc(/C=N/NC(=O)Cc2ccc(F)cc2)cc(Cl)c1OCC(=O)Nc1ccccc1. The highest BCUT2D eigenvalue weighted by molar-refractivity contribution is 6.32. The molecule has 9 heteroatoms. The number of anilines is 1. The fourth-order valence-corrected chi connectivity index (χ4v) is 3.20. The summed E-state index contributed by atoms with van der Waals surface area (Å²) in [4.78, 5) is 24.2. The Morgan fingerprint density at radius 1 is 1.03 bits per heavy atom. The van der Waals surface area contributed by atoms with Crippen LogP contribution < -0.4 is 20.2 Å². The van der Waals surface area contributed by atoms with Gasteiger partial charge in [-0.25, -0.2) is 9.82 Å². The van der Waals surface area contributed by atoms with Crippen LogP contribution >= 0.6 is 11.6 Å². The molecule has 0 aliphatic carbocycles. The Hall–Kier alpha value is -3.91. The number of nitrogens with zero attached hydrogens (tertiary/aromatic N) is 1. The van der Waals surface area contributed by atoms with E-state index in [0.29, 0.717) is 29.2 Å². The Morgan fingerprint density at radius 3 is 2.47 bits per heavy atom. The molecule has 0 radical (unpaired) electrons. The maximum atomic E-state index is 13.0. The van der Waals surface area contributed by atoms with E-state index in [9.17, 15) is 14.0 Å². The number of amides is 2. The van der Waals surface area contributed by atoms with Gasteiger partial charge in [-0.15, -0.1) is 0 Å². The first-order chi connectivity index (χ1) is 16.4. The van der Waals surface area contributed by atoms with Crippen LogP contribution in [0.4, 0.5) is 10.1 Å². The Kier molecular flexibility index (Phi) is 8.99. The fraction of sp³-hybridized carbons (Fsp3) is 0.160. The van der Waals surface area contributed by atoms with E-state index < -0.39 is 0 Å². The topological polar surface area (TPSA) is 89.0 Å². The summed E-state index contributed by atoms with van der Waals surface area (Å²) in [5.41, 5.74) is 4.28. The van der Waals surface area contributed by atoms with Crippen molar-refractivity contribution in [3.05, 3.63) is 88.7 Å². The van der Waals surface area contributed by atoms with Crippen LogP contribution in [0.15, 0.2) is 71.8 Å². The first-order valence-corrected chi connectivity index (χ1v) is 10.8. The van der Waals surface area contributed by atoms with E-state index in [2.05, 4.69) is 15.8 Å². The van der Waals surface area contributed by atoms with Crippen molar-refractivity contribution in [3.8, 4) is 11.5 Å². The molecule has 3 rings (SSSR count). The average molecular weight is 484 g/mol. The number of hydrogen-bond donors (Lipinski definition) is 2. The van der Waals surface area contributed by atoms with Crippen molar-refractivity contribution in [2.24, 2.45) is 5.10 Å². The van der Waals surface area contributed by atoms with Crippen LogP contribution in [0.2, 0.25) is 5.02 Å². The molecular weight excluding hydrogens is 461 g/mol. The van der Waals surface area contributed by atoms with Gasteiger partial charge in [0.1, 0.15) is 5.82 Å². The Morgan fingerprint density at radius 2 is 1.76 bits per heavy atom. The highest BCUT2D eigenvalue weighted by atomic mass is 35.5. The molecule has 0 aromatic heterocycles. The molecule has 0 bridgehead atoms. The lowest BCUT2D eigenvalue weighted by molar-refractivity contribution is -0.120. The zero-order chi connectivity index (χ0) is 24.3. The van der Waals surface area contributed by atoms with Crippen molar-refractivity contribution in [3.63, 3.8) is 0 Å². The Bertz CT molecular complexity index is 1150. The predicted molar refractivity (Wildman–Crippen MR) is 129 cm³/mol. The van der Waals surface area contributed by atoms with Gasteiger partial charge in [-0.3, -0.25) is 9.59 Å². The summed E-state index contributed by atoms with van der Waals surface area (Å²) in [6.07, 6.45) is 1.46. The molecule has 3 aromatic rings. The van der Waals surface area contributed by atoms with Crippen LogP contribution in [0.1, 0.15) is 18.1 Å². The number of benzene rings is 3. The van der Waals surface area contributed by atoms with E-state index in [1.54, 1.807) is 31.2 Å². The molecule has 0 fully saturated rings. The fourth-order valence-electron chi connectivity index (χ4n) is 2.93. The molecule has 176 valence electrons. The van der Waals surface area contributed by atoms with Crippen molar-refractivity contribution < 1.29 is 23.5 Å². The maximum Gasteiger partial charge on any atom is 0.262 e. The number of ether oxygens (including phenoxy) is 2. The average Bonchev–Trinajstić information content (AvgIpc) is 2.81. The van der Waals surface area contributed by atoms with Crippen LogP contribution in [-0.4, -0.2) is 31.2 Å². The number of nitrogens with one attached hydrogen (secondary N) is 2. The molecule has 0 saturated carbocycles. The summed E-state index contributed by atoms with van der Waals surface area (Å²) in [6, 6.07) is 17.9. The predicted octanol–water partition coefficient (Wildman–Crippen LogP) is 4.59. The molecule has 0 atom stereocenters. The molecule has 3 aromatic carbocycles. The number of carbonyl (C=O) groups excluding carboxylic acids is 2. The minimum atomic E-state index is -0.367. The third-order valence-corrected chi connectivity index (χ3v) is 4.70. The molecule has 2 N–H and O–H groups in total. The lowest BCUT2D eigenvalue weighted by atomic mass is 10.1. The standard InChI is InChI=1S/C25H23ClFN3O4/c1-2-33-22-13-18(15-28-30-23(31)14-17-8-10-19(27)11-9-17)12-21(26)25(22)34-16-24(32)29-20-6-4-3-5-7-20/h3-13,15H,2,14,16H2,1H3,(H,29,32)(H,30,31)/b28-15+. The van der Waals surface area contributed by atoms with Crippen molar-refractivity contribution in [1.29, 1.82) is 0 Å². The van der Waals surface area contributed by atoms with Crippen LogP contribution in [-0.2, 0) is 16.0 Å². The number of rotatable bonds is 10. The van der Waals surface area contributed by atoms with Gasteiger partial charge in [0.05, 0.1) is 24.3 Å². The highest BCUT2D eigenvalue weighted by Crippen LogP contribution is 2.36. The van der Waals surface area contributed by atoms with Crippen molar-refractivity contribution >= 4 is 35.3 Å². The molecule has 0 heterocycles. The first-order valence-electron chi connectivity index (χ1n) is 10.4. The number of halogens is 2. The Balaban J connectivity index is 1.61. The van der Waals surface area contributed by atoms with Crippen molar-refractivity contribution in [2.45, 2.75) is 13.3 Å². The van der Waals surface area contributed by atoms with Crippen LogP contribution in [0.3, 0.4) is 0 Å². The minimum Gasteiger partial charge on any atom is -0.490 e. The third kappa shape index (κ3) is 7.60. The summed E-state index contributed by atoms with van der Waals surface area (Å²) in [5.74, 6) is -0.512. The third-order valence-electron chi connectivity index (χ3n) is 4.42. The number of para-hydroxylation sites is 1. The van der Waals surface area contributed by atoms with Gasteiger partial charge in [-0.1, -0.05) is 41.9 Å².